The van der Waals surface area contributed by atoms with Crippen molar-refractivity contribution in [3.63, 3.8) is 0 Å². The molecule has 1 aliphatic rings. The number of methoxy groups -OCH3 is 1. The van der Waals surface area contributed by atoms with E-state index in [4.69, 9.17) is 26.4 Å². The fraction of sp³-hybridized carbons (Fsp3) is 0.300. The molecule has 0 saturated carbocycles. The number of benzene rings is 2. The second-order valence-corrected chi connectivity index (χ2v) is 6.52. The summed E-state index contributed by atoms with van der Waals surface area (Å²) >= 11 is 5.45. The summed E-state index contributed by atoms with van der Waals surface area (Å²) in [7, 11) is 1.60. The first-order valence-electron chi connectivity index (χ1n) is 8.94. The molecule has 2 N–H and O–H groups in total. The van der Waals surface area contributed by atoms with Crippen molar-refractivity contribution in [3.05, 3.63) is 48.0 Å². The minimum atomic E-state index is -0.140. The first-order valence-corrected chi connectivity index (χ1v) is 9.35. The lowest BCUT2D eigenvalue weighted by Crippen LogP contribution is -2.43. The highest BCUT2D eigenvalue weighted by Crippen LogP contribution is 2.32. The molecule has 3 rings (SSSR count). The molecule has 0 saturated heterocycles. The molecule has 28 heavy (non-hydrogen) atoms. The molecule has 0 atom stereocenters. The van der Waals surface area contributed by atoms with E-state index in [0.717, 1.165) is 22.8 Å². The molecular weight excluding hydrogens is 378 g/mol. The summed E-state index contributed by atoms with van der Waals surface area (Å²) in [6, 6.07) is 12.9. The lowest BCUT2D eigenvalue weighted by Gasteiger charge is -2.24. The number of amides is 1. The largest absolute Gasteiger partial charge is 0.497 e. The minimum Gasteiger partial charge on any atom is -0.497 e. The number of hydrogen-bond acceptors (Lipinski definition) is 5. The predicted molar refractivity (Wildman–Crippen MR) is 111 cm³/mol. The maximum absolute atomic E-state index is 12.3. The van der Waals surface area contributed by atoms with Gasteiger partial charge < -0.3 is 29.7 Å². The first-order chi connectivity index (χ1) is 13.6. The first kappa shape index (κ1) is 19.8. The zero-order valence-electron chi connectivity index (χ0n) is 15.9. The molecule has 0 aliphatic carbocycles. The third kappa shape index (κ3) is 5.04. The van der Waals surface area contributed by atoms with E-state index in [2.05, 4.69) is 10.6 Å². The van der Waals surface area contributed by atoms with Gasteiger partial charge in [0.2, 0.25) is 12.7 Å². The second kappa shape index (κ2) is 9.27. The van der Waals surface area contributed by atoms with Gasteiger partial charge in [-0.1, -0.05) is 6.07 Å². The van der Waals surface area contributed by atoms with Gasteiger partial charge in [0.1, 0.15) is 5.75 Å². The van der Waals surface area contributed by atoms with Crippen LogP contribution < -0.4 is 24.8 Å². The van der Waals surface area contributed by atoms with Crippen LogP contribution >= 0.6 is 12.2 Å². The number of nitrogens with one attached hydrogen (secondary N) is 2. The van der Waals surface area contributed by atoms with Crippen molar-refractivity contribution in [2.24, 2.45) is 0 Å². The topological polar surface area (TPSA) is 72.1 Å². The normalized spacial score (nSPS) is 11.6. The van der Waals surface area contributed by atoms with E-state index < -0.39 is 0 Å². The van der Waals surface area contributed by atoms with Crippen LogP contribution in [0, 0.1) is 0 Å². The molecular formula is C20H23N3O4S. The molecule has 1 amide bonds. The molecule has 1 heterocycles. The molecule has 0 radical (unpaired) electrons. The van der Waals surface area contributed by atoms with Gasteiger partial charge in [-0.3, -0.25) is 4.79 Å². The molecule has 148 valence electrons. The number of thiocarbonyl (C=S) groups is 1. The van der Waals surface area contributed by atoms with Crippen molar-refractivity contribution >= 4 is 28.9 Å². The number of carbonyl (C=O) groups excluding carboxylic acids is 1. The highest BCUT2D eigenvalue weighted by molar-refractivity contribution is 7.80. The quantitative estimate of drug-likeness (QED) is 0.691. The van der Waals surface area contributed by atoms with Crippen LogP contribution in [0.1, 0.15) is 12.5 Å². The van der Waals surface area contributed by atoms with Gasteiger partial charge in [0.25, 0.3) is 0 Å². The van der Waals surface area contributed by atoms with Gasteiger partial charge in [-0.15, -0.1) is 0 Å². The van der Waals surface area contributed by atoms with Crippen molar-refractivity contribution < 1.29 is 19.0 Å². The van der Waals surface area contributed by atoms with Crippen molar-refractivity contribution in [2.75, 3.05) is 32.3 Å². The summed E-state index contributed by atoms with van der Waals surface area (Å²) in [5.74, 6) is 2.08. The van der Waals surface area contributed by atoms with Gasteiger partial charge in [-0.05, 0) is 61.1 Å². The molecule has 0 aromatic heterocycles. The van der Waals surface area contributed by atoms with E-state index in [-0.39, 0.29) is 19.2 Å². The van der Waals surface area contributed by atoms with Crippen molar-refractivity contribution in [1.82, 2.24) is 10.2 Å². The fourth-order valence-electron chi connectivity index (χ4n) is 2.72. The molecule has 0 bridgehead atoms. The third-order valence-corrected chi connectivity index (χ3v) is 4.66. The Morgan fingerprint density at radius 1 is 1.18 bits per heavy atom. The van der Waals surface area contributed by atoms with Crippen LogP contribution in [0.4, 0.5) is 5.69 Å². The van der Waals surface area contributed by atoms with E-state index in [1.165, 1.54) is 0 Å². The Morgan fingerprint density at radius 2 is 1.93 bits per heavy atom. The Kier molecular flexibility index (Phi) is 6.54. The standard InChI is InChI=1S/C20H23N3O4S/c1-3-23(12-19(24)22-15-5-7-16(25-2)8-6-15)20(28)21-11-14-4-9-17-18(10-14)27-13-26-17/h4-10H,3,11-13H2,1-2H3,(H,21,28)(H,22,24). The number of carbonyl (C=O) groups is 1. The van der Waals surface area contributed by atoms with Gasteiger partial charge in [0.05, 0.1) is 13.7 Å². The second-order valence-electron chi connectivity index (χ2n) is 6.14. The number of nitrogens with zero attached hydrogens (tertiary/aromatic N) is 1. The number of hydrogen-bond donors (Lipinski definition) is 2. The summed E-state index contributed by atoms with van der Waals surface area (Å²) in [4.78, 5) is 14.1. The third-order valence-electron chi connectivity index (χ3n) is 4.26. The van der Waals surface area contributed by atoms with Crippen LogP contribution in [0.3, 0.4) is 0 Å². The Morgan fingerprint density at radius 3 is 2.64 bits per heavy atom. The summed E-state index contributed by atoms with van der Waals surface area (Å²) < 4.78 is 15.8. The van der Waals surface area contributed by atoms with Gasteiger partial charge in [0.15, 0.2) is 16.6 Å². The minimum absolute atomic E-state index is 0.140. The number of fused-ring (bicyclic) bond motifs is 1. The van der Waals surface area contributed by atoms with Gasteiger partial charge >= 0.3 is 0 Å². The Hall–Kier alpha value is -3.00. The van der Waals surface area contributed by atoms with E-state index in [0.29, 0.717) is 23.9 Å². The number of likely N-dealkylation sites (N-methyl/N-ethyl adjacent to an activating group) is 1. The average molecular weight is 401 g/mol. The Labute approximate surface area is 169 Å². The van der Waals surface area contributed by atoms with Gasteiger partial charge in [-0.2, -0.15) is 0 Å². The molecule has 7 nitrogen and oxygen atoms in total. The molecule has 0 unspecified atom stereocenters. The van der Waals surface area contributed by atoms with E-state index >= 15 is 0 Å². The molecule has 8 heteroatoms. The monoisotopic (exact) mass is 401 g/mol. The summed E-state index contributed by atoms with van der Waals surface area (Å²) in [5.41, 5.74) is 1.73. The number of ether oxygens (including phenoxy) is 3. The van der Waals surface area contributed by atoms with Crippen LogP contribution in [0.15, 0.2) is 42.5 Å². The average Bonchev–Trinajstić information content (AvgIpc) is 3.18. The number of anilines is 1. The van der Waals surface area contributed by atoms with E-state index in [1.54, 1.807) is 36.3 Å². The maximum atomic E-state index is 12.3. The Balaban J connectivity index is 1.50. The lowest BCUT2D eigenvalue weighted by atomic mass is 10.2. The predicted octanol–water partition coefficient (Wildman–Crippen LogP) is 2.76. The SMILES string of the molecule is CCN(CC(=O)Nc1ccc(OC)cc1)C(=S)NCc1ccc2c(c1)OCO2. The summed E-state index contributed by atoms with van der Waals surface area (Å²) in [6.45, 7) is 3.51. The van der Waals surface area contributed by atoms with Crippen molar-refractivity contribution in [3.8, 4) is 17.2 Å². The van der Waals surface area contributed by atoms with E-state index in [1.807, 2.05) is 25.1 Å². The van der Waals surface area contributed by atoms with Gasteiger partial charge in [0, 0.05) is 18.8 Å². The fourth-order valence-corrected chi connectivity index (χ4v) is 2.98. The van der Waals surface area contributed by atoms with Crippen LogP contribution in [-0.4, -0.2) is 42.9 Å². The van der Waals surface area contributed by atoms with Gasteiger partial charge in [-0.25, -0.2) is 0 Å². The van der Waals surface area contributed by atoms with Crippen LogP contribution in [0.2, 0.25) is 0 Å². The maximum Gasteiger partial charge on any atom is 0.243 e. The zero-order chi connectivity index (χ0) is 19.9. The smallest absolute Gasteiger partial charge is 0.243 e. The molecule has 0 fully saturated rings. The zero-order valence-corrected chi connectivity index (χ0v) is 16.7. The summed E-state index contributed by atoms with van der Waals surface area (Å²) in [5, 5.41) is 6.57. The lowest BCUT2D eigenvalue weighted by molar-refractivity contribution is -0.116. The summed E-state index contributed by atoms with van der Waals surface area (Å²) in [6.07, 6.45) is 0. The van der Waals surface area contributed by atoms with Crippen molar-refractivity contribution in [2.45, 2.75) is 13.5 Å². The molecule has 1 aliphatic heterocycles. The molecule has 2 aromatic rings. The Bertz CT molecular complexity index is 842. The van der Waals surface area contributed by atoms with E-state index in [9.17, 15) is 4.79 Å². The van der Waals surface area contributed by atoms with Crippen LogP contribution in [-0.2, 0) is 11.3 Å². The van der Waals surface area contributed by atoms with Crippen molar-refractivity contribution in [1.29, 1.82) is 0 Å². The van der Waals surface area contributed by atoms with Crippen LogP contribution in [0.5, 0.6) is 17.2 Å². The molecule has 0 spiro atoms. The van der Waals surface area contributed by atoms with Crippen LogP contribution in [0.25, 0.3) is 0 Å². The highest BCUT2D eigenvalue weighted by atomic mass is 32.1. The molecule has 2 aromatic carbocycles. The highest BCUT2D eigenvalue weighted by Gasteiger charge is 2.15. The number of rotatable bonds is 7.